The Bertz CT molecular complexity index is 213. The molecule has 14 heavy (non-hydrogen) atoms. The summed E-state index contributed by atoms with van der Waals surface area (Å²) in [4.78, 5) is 11.0. The van der Waals surface area contributed by atoms with Crippen LogP contribution in [0.1, 0.15) is 38.5 Å². The standard InChI is InChI=1S/C10H19N3O/c11-9(14)8-2-5-10(6-3-8)4-1-7-12-13-10/h8,12-13H,1-7H2,(H2,11,14). The molecule has 0 unspecified atom stereocenters. The molecule has 1 saturated carbocycles. The van der Waals surface area contributed by atoms with Gasteiger partial charge >= 0.3 is 0 Å². The Kier molecular flexibility index (Phi) is 2.74. The Morgan fingerprint density at radius 3 is 2.50 bits per heavy atom. The highest BCUT2D eigenvalue weighted by atomic mass is 16.1. The zero-order chi connectivity index (χ0) is 10.0. The summed E-state index contributed by atoms with van der Waals surface area (Å²) in [6.45, 7) is 1.06. The lowest BCUT2D eigenvalue weighted by Crippen LogP contribution is -2.58. The van der Waals surface area contributed by atoms with Crippen molar-refractivity contribution in [3.63, 3.8) is 0 Å². The number of hydrogen-bond acceptors (Lipinski definition) is 3. The van der Waals surface area contributed by atoms with Crippen LogP contribution in [0.2, 0.25) is 0 Å². The number of nitrogens with two attached hydrogens (primary N) is 1. The molecule has 2 fully saturated rings. The summed E-state index contributed by atoms with van der Waals surface area (Å²) >= 11 is 0. The average Bonchev–Trinajstić information content (AvgIpc) is 2.19. The molecule has 1 saturated heterocycles. The molecule has 1 amide bonds. The van der Waals surface area contributed by atoms with Crippen LogP contribution in [0.25, 0.3) is 0 Å². The molecule has 1 aliphatic carbocycles. The highest BCUT2D eigenvalue weighted by Crippen LogP contribution is 2.35. The smallest absolute Gasteiger partial charge is 0.220 e. The predicted molar refractivity (Wildman–Crippen MR) is 54.3 cm³/mol. The average molecular weight is 197 g/mol. The minimum atomic E-state index is -0.122. The maximum atomic E-state index is 11.0. The summed E-state index contributed by atoms with van der Waals surface area (Å²) in [6.07, 6.45) is 6.51. The number of carbonyl (C=O) groups is 1. The van der Waals surface area contributed by atoms with Crippen molar-refractivity contribution in [2.24, 2.45) is 11.7 Å². The third-order valence-corrected chi connectivity index (χ3v) is 3.66. The number of amides is 1. The van der Waals surface area contributed by atoms with Gasteiger partial charge in [0.25, 0.3) is 0 Å². The van der Waals surface area contributed by atoms with Crippen LogP contribution in [0.4, 0.5) is 0 Å². The molecular formula is C10H19N3O. The predicted octanol–water partition coefficient (Wildman–Crippen LogP) is 0.289. The molecule has 1 spiro atoms. The van der Waals surface area contributed by atoms with Crippen molar-refractivity contribution in [1.29, 1.82) is 0 Å². The minimum Gasteiger partial charge on any atom is -0.369 e. The second-order valence-electron chi connectivity index (χ2n) is 4.61. The van der Waals surface area contributed by atoms with Gasteiger partial charge in [-0.25, -0.2) is 0 Å². The fraction of sp³-hybridized carbons (Fsp3) is 0.900. The molecule has 0 aromatic rings. The fourth-order valence-corrected chi connectivity index (χ4v) is 2.66. The highest BCUT2D eigenvalue weighted by molar-refractivity contribution is 5.76. The number of carbonyl (C=O) groups excluding carboxylic acids is 1. The van der Waals surface area contributed by atoms with Crippen LogP contribution in [0.15, 0.2) is 0 Å². The summed E-state index contributed by atoms with van der Waals surface area (Å²) in [5, 5.41) is 0. The van der Waals surface area contributed by atoms with Gasteiger partial charge in [-0.3, -0.25) is 15.6 Å². The van der Waals surface area contributed by atoms with Gasteiger partial charge in [0.15, 0.2) is 0 Å². The van der Waals surface area contributed by atoms with E-state index in [1.54, 1.807) is 0 Å². The van der Waals surface area contributed by atoms with Crippen molar-refractivity contribution in [3.05, 3.63) is 0 Å². The van der Waals surface area contributed by atoms with E-state index in [1.807, 2.05) is 0 Å². The Morgan fingerprint density at radius 1 is 1.29 bits per heavy atom. The quantitative estimate of drug-likeness (QED) is 0.566. The molecule has 0 aromatic heterocycles. The van der Waals surface area contributed by atoms with E-state index in [0.29, 0.717) is 0 Å². The second-order valence-corrected chi connectivity index (χ2v) is 4.61. The molecule has 0 bridgehead atoms. The molecule has 1 aliphatic heterocycles. The van der Waals surface area contributed by atoms with Gasteiger partial charge in [-0.05, 0) is 38.5 Å². The van der Waals surface area contributed by atoms with Gasteiger partial charge in [-0.2, -0.15) is 0 Å². The SMILES string of the molecule is NC(=O)C1CCC2(CCCNN2)CC1. The first-order chi connectivity index (χ1) is 6.72. The van der Waals surface area contributed by atoms with E-state index in [1.165, 1.54) is 12.8 Å². The molecule has 0 aromatic carbocycles. The molecule has 1 heterocycles. The normalized spacial score (nSPS) is 38.4. The maximum Gasteiger partial charge on any atom is 0.220 e. The highest BCUT2D eigenvalue weighted by Gasteiger charge is 2.37. The van der Waals surface area contributed by atoms with Crippen molar-refractivity contribution in [3.8, 4) is 0 Å². The number of primary amides is 1. The van der Waals surface area contributed by atoms with E-state index in [-0.39, 0.29) is 17.4 Å². The van der Waals surface area contributed by atoms with E-state index < -0.39 is 0 Å². The summed E-state index contributed by atoms with van der Waals surface area (Å²) in [6, 6.07) is 0. The first-order valence-corrected chi connectivity index (χ1v) is 5.51. The van der Waals surface area contributed by atoms with E-state index >= 15 is 0 Å². The molecule has 4 heteroatoms. The molecule has 80 valence electrons. The van der Waals surface area contributed by atoms with Gasteiger partial charge in [-0.15, -0.1) is 0 Å². The van der Waals surface area contributed by atoms with Crippen LogP contribution in [-0.2, 0) is 4.79 Å². The molecular weight excluding hydrogens is 178 g/mol. The van der Waals surface area contributed by atoms with Crippen LogP contribution in [0, 0.1) is 5.92 Å². The van der Waals surface area contributed by atoms with Gasteiger partial charge in [0.05, 0.1) is 0 Å². The largest absolute Gasteiger partial charge is 0.369 e. The van der Waals surface area contributed by atoms with Crippen LogP contribution in [0.5, 0.6) is 0 Å². The Morgan fingerprint density at radius 2 is 2.00 bits per heavy atom. The first-order valence-electron chi connectivity index (χ1n) is 5.51. The lowest BCUT2D eigenvalue weighted by molar-refractivity contribution is -0.123. The molecule has 0 atom stereocenters. The number of rotatable bonds is 1. The summed E-state index contributed by atoms with van der Waals surface area (Å²) in [7, 11) is 0. The third kappa shape index (κ3) is 1.91. The van der Waals surface area contributed by atoms with Gasteiger partial charge in [0.1, 0.15) is 0 Å². The van der Waals surface area contributed by atoms with Crippen molar-refractivity contribution in [1.82, 2.24) is 10.9 Å². The van der Waals surface area contributed by atoms with E-state index in [0.717, 1.165) is 32.2 Å². The zero-order valence-corrected chi connectivity index (χ0v) is 8.51. The van der Waals surface area contributed by atoms with Gasteiger partial charge < -0.3 is 5.73 Å². The topological polar surface area (TPSA) is 67.2 Å². The minimum absolute atomic E-state index is 0.115. The molecule has 2 rings (SSSR count). The number of hydrazine groups is 1. The lowest BCUT2D eigenvalue weighted by atomic mass is 9.74. The van der Waals surface area contributed by atoms with Crippen molar-refractivity contribution in [2.45, 2.75) is 44.1 Å². The van der Waals surface area contributed by atoms with Gasteiger partial charge in [-0.1, -0.05) is 0 Å². The Labute approximate surface area is 84.6 Å². The first kappa shape index (κ1) is 9.93. The van der Waals surface area contributed by atoms with Gasteiger partial charge in [0, 0.05) is 18.0 Å². The van der Waals surface area contributed by atoms with Crippen LogP contribution in [0.3, 0.4) is 0 Å². The van der Waals surface area contributed by atoms with Crippen LogP contribution in [-0.4, -0.2) is 18.0 Å². The second kappa shape index (κ2) is 3.87. The van der Waals surface area contributed by atoms with Crippen molar-refractivity contribution >= 4 is 5.91 Å². The maximum absolute atomic E-state index is 11.0. The lowest BCUT2D eigenvalue weighted by Gasteiger charge is -2.43. The Balaban J connectivity index is 1.90. The zero-order valence-electron chi connectivity index (χ0n) is 8.51. The van der Waals surface area contributed by atoms with Crippen molar-refractivity contribution < 1.29 is 4.79 Å². The molecule has 0 radical (unpaired) electrons. The molecule has 2 aliphatic rings. The Hall–Kier alpha value is -0.610. The van der Waals surface area contributed by atoms with E-state index in [4.69, 9.17) is 5.73 Å². The van der Waals surface area contributed by atoms with Crippen molar-refractivity contribution in [2.75, 3.05) is 6.54 Å². The van der Waals surface area contributed by atoms with E-state index in [2.05, 4.69) is 10.9 Å². The van der Waals surface area contributed by atoms with Crippen LogP contribution < -0.4 is 16.6 Å². The van der Waals surface area contributed by atoms with Gasteiger partial charge in [0.2, 0.25) is 5.91 Å². The molecule has 4 N–H and O–H groups in total. The number of hydrogen-bond donors (Lipinski definition) is 3. The summed E-state index contributed by atoms with van der Waals surface area (Å²) in [5.41, 5.74) is 12.2. The van der Waals surface area contributed by atoms with E-state index in [9.17, 15) is 4.79 Å². The monoisotopic (exact) mass is 197 g/mol. The number of nitrogens with one attached hydrogen (secondary N) is 2. The van der Waals surface area contributed by atoms with Crippen LogP contribution >= 0.6 is 0 Å². The fourth-order valence-electron chi connectivity index (χ4n) is 2.66. The summed E-state index contributed by atoms with van der Waals surface area (Å²) in [5.74, 6) is -0.00651. The molecule has 4 nitrogen and oxygen atoms in total. The summed E-state index contributed by atoms with van der Waals surface area (Å²) < 4.78 is 0. The third-order valence-electron chi connectivity index (χ3n) is 3.66.